The van der Waals surface area contributed by atoms with Gasteiger partial charge in [0, 0.05) is 29.1 Å². The van der Waals surface area contributed by atoms with Crippen LogP contribution in [-0.2, 0) is 6.42 Å². The van der Waals surface area contributed by atoms with Gasteiger partial charge in [0.2, 0.25) is 0 Å². The first-order valence-electron chi connectivity index (χ1n) is 7.12. The molecule has 0 spiro atoms. The van der Waals surface area contributed by atoms with E-state index in [2.05, 4.69) is 53.6 Å². The molecule has 0 bridgehead atoms. The highest BCUT2D eigenvalue weighted by Crippen LogP contribution is 2.24. The molecule has 1 aromatic carbocycles. The van der Waals surface area contributed by atoms with E-state index in [1.807, 2.05) is 31.2 Å². The normalized spacial score (nSPS) is 12.3. The number of aryl methyl sites for hydroxylation is 1. The van der Waals surface area contributed by atoms with Gasteiger partial charge in [0.1, 0.15) is 0 Å². The molecule has 0 aliphatic rings. The van der Waals surface area contributed by atoms with Crippen LogP contribution in [0, 0.1) is 0 Å². The molecule has 0 aliphatic carbocycles. The van der Waals surface area contributed by atoms with E-state index in [-0.39, 0.29) is 0 Å². The minimum atomic E-state index is 0.379. The molecule has 1 atom stereocenters. The zero-order valence-electron chi connectivity index (χ0n) is 12.2. The lowest BCUT2D eigenvalue weighted by molar-refractivity contribution is 0.661. The number of rotatable bonds is 7. The van der Waals surface area contributed by atoms with Crippen molar-refractivity contribution in [3.05, 3.63) is 59.9 Å². The number of hydrogen-bond donors (Lipinski definition) is 1. The molecule has 0 aliphatic heterocycles. The predicted octanol–water partition coefficient (Wildman–Crippen LogP) is 4.09. The van der Waals surface area contributed by atoms with E-state index in [0.29, 0.717) is 6.04 Å². The van der Waals surface area contributed by atoms with Gasteiger partial charge in [-0.15, -0.1) is 11.8 Å². The summed E-state index contributed by atoms with van der Waals surface area (Å²) in [5.41, 5.74) is 2.78. The van der Waals surface area contributed by atoms with E-state index in [1.165, 1.54) is 22.4 Å². The number of aromatic nitrogens is 1. The molecule has 1 unspecified atom stereocenters. The van der Waals surface area contributed by atoms with Crippen LogP contribution in [0.5, 0.6) is 0 Å². The molecule has 1 N–H and O–H groups in total. The van der Waals surface area contributed by atoms with Crippen molar-refractivity contribution in [1.82, 2.24) is 10.3 Å². The Kier molecular flexibility index (Phi) is 6.09. The third kappa shape index (κ3) is 4.36. The van der Waals surface area contributed by atoms with E-state index >= 15 is 0 Å². The van der Waals surface area contributed by atoms with E-state index in [1.54, 1.807) is 0 Å². The second kappa shape index (κ2) is 8.08. The Labute approximate surface area is 126 Å². The number of nitrogens with one attached hydrogen (secondary N) is 1. The standard InChI is InChI=1S/C17H22N2S/c1-3-4-14-5-7-15(8-6-14)17(18-2)13-20-16-9-11-19-12-10-16/h5-12,17-18H,3-4,13H2,1-2H3. The summed E-state index contributed by atoms with van der Waals surface area (Å²) in [5.74, 6) is 1.02. The fraction of sp³-hybridized carbons (Fsp3) is 0.353. The second-order valence-corrected chi connectivity index (χ2v) is 5.92. The molecule has 20 heavy (non-hydrogen) atoms. The molecule has 2 nitrogen and oxygen atoms in total. The lowest BCUT2D eigenvalue weighted by Crippen LogP contribution is -2.18. The van der Waals surface area contributed by atoms with Gasteiger partial charge in [-0.25, -0.2) is 0 Å². The maximum Gasteiger partial charge on any atom is 0.0412 e. The van der Waals surface area contributed by atoms with Crippen molar-refractivity contribution in [2.75, 3.05) is 12.8 Å². The average Bonchev–Trinajstić information content (AvgIpc) is 2.51. The summed E-state index contributed by atoms with van der Waals surface area (Å²) >= 11 is 1.86. The van der Waals surface area contributed by atoms with E-state index in [9.17, 15) is 0 Å². The van der Waals surface area contributed by atoms with Crippen molar-refractivity contribution in [3.8, 4) is 0 Å². The topological polar surface area (TPSA) is 24.9 Å². The van der Waals surface area contributed by atoms with Crippen molar-refractivity contribution in [1.29, 1.82) is 0 Å². The highest BCUT2D eigenvalue weighted by Gasteiger charge is 2.09. The van der Waals surface area contributed by atoms with Crippen LogP contribution < -0.4 is 5.32 Å². The first kappa shape index (κ1) is 15.1. The SMILES string of the molecule is CCCc1ccc(C(CSc2ccncc2)NC)cc1. The molecule has 0 saturated carbocycles. The van der Waals surface area contributed by atoms with Gasteiger partial charge in [-0.3, -0.25) is 4.98 Å². The molecule has 2 aromatic rings. The van der Waals surface area contributed by atoms with Crippen LogP contribution in [0.3, 0.4) is 0 Å². The summed E-state index contributed by atoms with van der Waals surface area (Å²) in [6.45, 7) is 2.22. The minimum absolute atomic E-state index is 0.379. The van der Waals surface area contributed by atoms with E-state index in [4.69, 9.17) is 0 Å². The van der Waals surface area contributed by atoms with Crippen molar-refractivity contribution in [2.45, 2.75) is 30.7 Å². The van der Waals surface area contributed by atoms with Crippen LogP contribution in [0.1, 0.15) is 30.5 Å². The number of benzene rings is 1. The quantitative estimate of drug-likeness (QED) is 0.776. The van der Waals surface area contributed by atoms with Gasteiger partial charge < -0.3 is 5.32 Å². The maximum atomic E-state index is 4.05. The Bertz CT molecular complexity index is 496. The molecular formula is C17H22N2S. The Morgan fingerprint density at radius 1 is 1.10 bits per heavy atom. The summed E-state index contributed by atoms with van der Waals surface area (Å²) in [4.78, 5) is 5.32. The smallest absolute Gasteiger partial charge is 0.0412 e. The van der Waals surface area contributed by atoms with Crippen molar-refractivity contribution in [3.63, 3.8) is 0 Å². The number of pyridine rings is 1. The monoisotopic (exact) mass is 286 g/mol. The second-order valence-electron chi connectivity index (χ2n) is 4.83. The Balaban J connectivity index is 1.97. The van der Waals surface area contributed by atoms with Gasteiger partial charge in [-0.1, -0.05) is 37.6 Å². The highest BCUT2D eigenvalue weighted by molar-refractivity contribution is 7.99. The van der Waals surface area contributed by atoms with Crippen LogP contribution >= 0.6 is 11.8 Å². The summed E-state index contributed by atoms with van der Waals surface area (Å²) in [6.07, 6.45) is 6.05. The van der Waals surface area contributed by atoms with Gasteiger partial charge >= 0.3 is 0 Å². The molecule has 0 fully saturated rings. The minimum Gasteiger partial charge on any atom is -0.312 e. The maximum absolute atomic E-state index is 4.05. The van der Waals surface area contributed by atoms with Gasteiger partial charge in [0.15, 0.2) is 0 Å². The summed E-state index contributed by atoms with van der Waals surface area (Å²) in [5, 5.41) is 3.40. The molecule has 0 saturated heterocycles. The van der Waals surface area contributed by atoms with Gasteiger partial charge in [-0.05, 0) is 36.7 Å². The van der Waals surface area contributed by atoms with Crippen molar-refractivity contribution < 1.29 is 0 Å². The zero-order valence-corrected chi connectivity index (χ0v) is 13.0. The van der Waals surface area contributed by atoms with Gasteiger partial charge in [0.25, 0.3) is 0 Å². The highest BCUT2D eigenvalue weighted by atomic mass is 32.2. The Hall–Kier alpha value is -1.32. The van der Waals surface area contributed by atoms with Crippen LogP contribution in [0.2, 0.25) is 0 Å². The third-order valence-corrected chi connectivity index (χ3v) is 4.44. The summed E-state index contributed by atoms with van der Waals surface area (Å²) in [7, 11) is 2.03. The first-order valence-corrected chi connectivity index (χ1v) is 8.11. The molecular weight excluding hydrogens is 264 g/mol. The molecule has 1 aromatic heterocycles. The Morgan fingerprint density at radius 2 is 1.80 bits per heavy atom. The van der Waals surface area contributed by atoms with Gasteiger partial charge in [-0.2, -0.15) is 0 Å². The lowest BCUT2D eigenvalue weighted by atomic mass is 10.0. The number of thioether (sulfide) groups is 1. The zero-order chi connectivity index (χ0) is 14.2. The van der Waals surface area contributed by atoms with Crippen LogP contribution in [0.4, 0.5) is 0 Å². The summed E-state index contributed by atoms with van der Waals surface area (Å²) < 4.78 is 0. The number of nitrogens with zero attached hydrogens (tertiary/aromatic N) is 1. The van der Waals surface area contributed by atoms with Crippen LogP contribution in [0.15, 0.2) is 53.7 Å². The van der Waals surface area contributed by atoms with Gasteiger partial charge in [0.05, 0.1) is 0 Å². The van der Waals surface area contributed by atoms with Crippen molar-refractivity contribution in [2.24, 2.45) is 0 Å². The van der Waals surface area contributed by atoms with E-state index < -0.39 is 0 Å². The largest absolute Gasteiger partial charge is 0.312 e. The lowest BCUT2D eigenvalue weighted by Gasteiger charge is -2.16. The van der Waals surface area contributed by atoms with Crippen LogP contribution in [0.25, 0.3) is 0 Å². The predicted molar refractivity (Wildman–Crippen MR) is 87.2 cm³/mol. The average molecular weight is 286 g/mol. The number of hydrogen-bond acceptors (Lipinski definition) is 3. The molecule has 2 rings (SSSR count). The van der Waals surface area contributed by atoms with E-state index in [0.717, 1.165) is 12.2 Å². The molecule has 0 amide bonds. The fourth-order valence-corrected chi connectivity index (χ4v) is 3.20. The molecule has 3 heteroatoms. The Morgan fingerprint density at radius 3 is 2.40 bits per heavy atom. The van der Waals surface area contributed by atoms with Crippen molar-refractivity contribution >= 4 is 11.8 Å². The molecule has 1 heterocycles. The van der Waals surface area contributed by atoms with Crippen LogP contribution in [-0.4, -0.2) is 17.8 Å². The third-order valence-electron chi connectivity index (χ3n) is 3.34. The summed E-state index contributed by atoms with van der Waals surface area (Å²) in [6, 6.07) is 13.5. The fourth-order valence-electron chi connectivity index (χ4n) is 2.17. The first-order chi connectivity index (χ1) is 9.83. The molecule has 0 radical (unpaired) electrons. The molecule has 106 valence electrons.